The number of carbonyl (C=O) groups is 1. The van der Waals surface area contributed by atoms with E-state index in [4.69, 9.17) is 0 Å². The van der Waals surface area contributed by atoms with Gasteiger partial charge in [-0.2, -0.15) is 0 Å². The zero-order chi connectivity index (χ0) is 17.4. The summed E-state index contributed by atoms with van der Waals surface area (Å²) in [4.78, 5) is 11.6. The molecular weight excluding hydrogens is 299 g/mol. The van der Waals surface area contributed by atoms with Gasteiger partial charge in [0.1, 0.15) is 5.82 Å². The lowest BCUT2D eigenvalue weighted by Gasteiger charge is -2.29. The molecule has 1 nitrogen and oxygen atoms in total. The zero-order valence-electron chi connectivity index (χ0n) is 15.0. The zero-order valence-corrected chi connectivity index (χ0v) is 15.0. The average molecular weight is 330 g/mol. The third kappa shape index (κ3) is 5.29. The molecule has 2 heteroatoms. The second-order valence-corrected chi connectivity index (χ2v) is 7.23. The van der Waals surface area contributed by atoms with Gasteiger partial charge in [0.25, 0.3) is 0 Å². The van der Waals surface area contributed by atoms with Crippen LogP contribution in [0.15, 0.2) is 30.9 Å². The first kappa shape index (κ1) is 18.9. The Morgan fingerprint density at radius 3 is 2.50 bits per heavy atom. The number of hydrogen-bond donors (Lipinski definition) is 0. The summed E-state index contributed by atoms with van der Waals surface area (Å²) >= 11 is 0. The van der Waals surface area contributed by atoms with Crippen LogP contribution in [0.25, 0.3) is 0 Å². The SMILES string of the molecule is C=CC(=O)c1ccc([C@H]2CC[C@H](CCCCCCC)CC2)cc1F. The molecule has 0 spiro atoms. The molecule has 24 heavy (non-hydrogen) atoms. The summed E-state index contributed by atoms with van der Waals surface area (Å²) < 4.78 is 14.1. The van der Waals surface area contributed by atoms with Crippen molar-refractivity contribution in [3.8, 4) is 0 Å². The maximum Gasteiger partial charge on any atom is 0.188 e. The largest absolute Gasteiger partial charge is 0.289 e. The molecule has 0 N–H and O–H groups in total. The fraction of sp³-hybridized carbons (Fsp3) is 0.591. The van der Waals surface area contributed by atoms with Crippen molar-refractivity contribution in [2.75, 3.05) is 0 Å². The fourth-order valence-electron chi connectivity index (χ4n) is 3.92. The molecule has 0 radical (unpaired) electrons. The maximum absolute atomic E-state index is 14.1. The van der Waals surface area contributed by atoms with Gasteiger partial charge < -0.3 is 0 Å². The molecule has 0 atom stereocenters. The molecule has 0 aliphatic heterocycles. The van der Waals surface area contributed by atoms with Crippen LogP contribution in [0.5, 0.6) is 0 Å². The third-order valence-corrected chi connectivity index (χ3v) is 5.48. The van der Waals surface area contributed by atoms with E-state index >= 15 is 0 Å². The smallest absolute Gasteiger partial charge is 0.188 e. The number of allylic oxidation sites excluding steroid dienone is 1. The van der Waals surface area contributed by atoms with Crippen LogP contribution in [0.4, 0.5) is 4.39 Å². The van der Waals surface area contributed by atoms with Gasteiger partial charge in [0.2, 0.25) is 0 Å². The highest BCUT2D eigenvalue weighted by molar-refractivity contribution is 6.04. The Balaban J connectivity index is 1.81. The number of rotatable bonds is 9. The van der Waals surface area contributed by atoms with E-state index in [9.17, 15) is 9.18 Å². The third-order valence-electron chi connectivity index (χ3n) is 5.48. The summed E-state index contributed by atoms with van der Waals surface area (Å²) in [6.07, 6.45) is 14.1. The predicted octanol–water partition coefficient (Wildman–Crippen LogP) is 6.83. The molecule has 0 heterocycles. The van der Waals surface area contributed by atoms with Crippen LogP contribution < -0.4 is 0 Å². The number of halogens is 1. The second-order valence-electron chi connectivity index (χ2n) is 7.23. The summed E-state index contributed by atoms with van der Waals surface area (Å²) in [5.41, 5.74) is 1.18. The van der Waals surface area contributed by atoms with Crippen molar-refractivity contribution in [3.63, 3.8) is 0 Å². The van der Waals surface area contributed by atoms with Crippen molar-refractivity contribution >= 4 is 5.78 Å². The summed E-state index contributed by atoms with van der Waals surface area (Å²) in [6.45, 7) is 5.68. The first-order valence-corrected chi connectivity index (χ1v) is 9.62. The minimum atomic E-state index is -0.407. The average Bonchev–Trinajstić information content (AvgIpc) is 2.61. The molecule has 1 aliphatic carbocycles. The van der Waals surface area contributed by atoms with E-state index in [1.54, 1.807) is 12.1 Å². The van der Waals surface area contributed by atoms with Crippen molar-refractivity contribution in [2.24, 2.45) is 5.92 Å². The predicted molar refractivity (Wildman–Crippen MR) is 99.0 cm³/mol. The van der Waals surface area contributed by atoms with Gasteiger partial charge in [-0.1, -0.05) is 58.1 Å². The molecule has 0 saturated heterocycles. The van der Waals surface area contributed by atoms with Crippen molar-refractivity contribution in [1.29, 1.82) is 0 Å². The standard InChI is InChI=1S/C22H31FO/c1-3-5-6-7-8-9-17-10-12-18(13-11-17)19-14-15-20(21(23)16-19)22(24)4-2/h4,14-18H,2-3,5-13H2,1H3/t17-,18-. The lowest BCUT2D eigenvalue weighted by Crippen LogP contribution is -2.14. The maximum atomic E-state index is 14.1. The van der Waals surface area contributed by atoms with Crippen LogP contribution in [0.2, 0.25) is 0 Å². The summed E-state index contributed by atoms with van der Waals surface area (Å²) in [5, 5.41) is 0. The normalized spacial score (nSPS) is 20.8. The monoisotopic (exact) mass is 330 g/mol. The lowest BCUT2D eigenvalue weighted by molar-refractivity contribution is 0.104. The Kier molecular flexibility index (Phi) is 7.68. The number of hydrogen-bond acceptors (Lipinski definition) is 1. The van der Waals surface area contributed by atoms with E-state index in [1.807, 2.05) is 6.07 Å². The van der Waals surface area contributed by atoms with E-state index in [2.05, 4.69) is 13.5 Å². The lowest BCUT2D eigenvalue weighted by atomic mass is 9.77. The molecule has 1 aliphatic rings. The number of carbonyl (C=O) groups excluding carboxylic acids is 1. The topological polar surface area (TPSA) is 17.1 Å². The van der Waals surface area contributed by atoms with Crippen LogP contribution in [-0.4, -0.2) is 5.78 Å². The molecular formula is C22H31FO. The Labute approximate surface area is 146 Å². The van der Waals surface area contributed by atoms with E-state index in [0.717, 1.165) is 24.3 Å². The van der Waals surface area contributed by atoms with Gasteiger partial charge in [0.05, 0.1) is 5.56 Å². The molecule has 132 valence electrons. The Bertz CT molecular complexity index is 541. The van der Waals surface area contributed by atoms with Crippen molar-refractivity contribution in [3.05, 3.63) is 47.8 Å². The van der Waals surface area contributed by atoms with E-state index in [0.29, 0.717) is 5.92 Å². The molecule has 1 aromatic carbocycles. The number of unbranched alkanes of at least 4 members (excludes halogenated alkanes) is 4. The van der Waals surface area contributed by atoms with Crippen LogP contribution in [-0.2, 0) is 0 Å². The highest BCUT2D eigenvalue weighted by atomic mass is 19.1. The molecule has 1 aromatic rings. The second kappa shape index (κ2) is 9.76. The van der Waals surface area contributed by atoms with Crippen LogP contribution >= 0.6 is 0 Å². The molecule has 0 bridgehead atoms. The summed E-state index contributed by atoms with van der Waals surface area (Å²) in [5.74, 6) is 0.555. The van der Waals surface area contributed by atoms with Crippen molar-refractivity contribution in [2.45, 2.75) is 77.0 Å². The molecule has 1 saturated carbocycles. The minimum absolute atomic E-state index is 0.134. The Morgan fingerprint density at radius 2 is 1.88 bits per heavy atom. The van der Waals surface area contributed by atoms with Crippen LogP contribution in [0.3, 0.4) is 0 Å². The van der Waals surface area contributed by atoms with E-state index < -0.39 is 5.82 Å². The summed E-state index contributed by atoms with van der Waals surface area (Å²) in [7, 11) is 0. The summed E-state index contributed by atoms with van der Waals surface area (Å²) in [6, 6.07) is 5.11. The molecule has 0 unspecified atom stereocenters. The molecule has 0 aromatic heterocycles. The van der Waals surface area contributed by atoms with Gasteiger partial charge in [-0.05, 0) is 61.3 Å². The van der Waals surface area contributed by atoms with Gasteiger partial charge in [0.15, 0.2) is 5.78 Å². The first-order valence-electron chi connectivity index (χ1n) is 9.62. The van der Waals surface area contributed by atoms with E-state index in [-0.39, 0.29) is 11.3 Å². The van der Waals surface area contributed by atoms with Crippen LogP contribution in [0.1, 0.15) is 93.0 Å². The molecule has 1 fully saturated rings. The Hall–Kier alpha value is -1.44. The number of ketones is 1. The van der Waals surface area contributed by atoms with Crippen molar-refractivity contribution in [1.82, 2.24) is 0 Å². The van der Waals surface area contributed by atoms with Gasteiger partial charge in [-0.25, -0.2) is 4.39 Å². The van der Waals surface area contributed by atoms with Gasteiger partial charge >= 0.3 is 0 Å². The molecule has 0 amide bonds. The van der Waals surface area contributed by atoms with E-state index in [1.165, 1.54) is 57.4 Å². The molecule has 2 rings (SSSR count). The highest BCUT2D eigenvalue weighted by Crippen LogP contribution is 2.38. The van der Waals surface area contributed by atoms with Gasteiger partial charge in [0, 0.05) is 0 Å². The number of benzene rings is 1. The quantitative estimate of drug-likeness (QED) is 0.275. The Morgan fingerprint density at radius 1 is 1.17 bits per heavy atom. The van der Waals surface area contributed by atoms with Crippen LogP contribution in [0, 0.1) is 11.7 Å². The first-order chi connectivity index (χ1) is 11.7. The fourth-order valence-corrected chi connectivity index (χ4v) is 3.92. The minimum Gasteiger partial charge on any atom is -0.289 e. The van der Waals surface area contributed by atoms with Gasteiger partial charge in [-0.15, -0.1) is 0 Å². The highest BCUT2D eigenvalue weighted by Gasteiger charge is 2.23. The van der Waals surface area contributed by atoms with Crippen molar-refractivity contribution < 1.29 is 9.18 Å². The van der Waals surface area contributed by atoms with Gasteiger partial charge in [-0.3, -0.25) is 4.79 Å².